The third-order valence-corrected chi connectivity index (χ3v) is 3.81. The smallest absolute Gasteiger partial charge is 0.345 e. The van der Waals surface area contributed by atoms with Crippen LogP contribution in [0.25, 0.3) is 0 Å². The molecule has 1 aromatic heterocycles. The van der Waals surface area contributed by atoms with Gasteiger partial charge in [0.2, 0.25) is 5.91 Å². The standard InChI is InChI=1S/C11H10ClF3N4O2.C6H4F2/c12-9-6-3-19(4-8(20)17-5-11(13,14)15)10(21)18-7(6)1-2-16-9;7-5-2-1-3-6(8)4-5/h1-2H,3-5H2,(H,17,20)(H,18,21);1-4H. The number of hydrogen-bond donors (Lipinski definition) is 2. The van der Waals surface area contributed by atoms with E-state index in [4.69, 9.17) is 11.6 Å². The predicted octanol–water partition coefficient (Wildman–Crippen LogP) is 3.73. The maximum atomic E-state index is 12.0. The van der Waals surface area contributed by atoms with Crippen molar-refractivity contribution in [1.29, 1.82) is 0 Å². The highest BCUT2D eigenvalue weighted by Gasteiger charge is 2.30. The van der Waals surface area contributed by atoms with E-state index in [1.54, 1.807) is 11.4 Å². The monoisotopic (exact) mass is 436 g/mol. The maximum Gasteiger partial charge on any atom is 0.405 e. The number of fused-ring (bicyclic) bond motifs is 1. The van der Waals surface area contributed by atoms with E-state index in [9.17, 15) is 31.5 Å². The van der Waals surface area contributed by atoms with Crippen molar-refractivity contribution in [3.8, 4) is 0 Å². The second-order valence-corrected chi connectivity index (χ2v) is 6.10. The first-order chi connectivity index (χ1) is 13.5. The van der Waals surface area contributed by atoms with Crippen molar-refractivity contribution in [3.05, 3.63) is 58.9 Å². The van der Waals surface area contributed by atoms with Gasteiger partial charge in [-0.2, -0.15) is 13.2 Å². The minimum Gasteiger partial charge on any atom is -0.345 e. The van der Waals surface area contributed by atoms with E-state index in [0.717, 1.165) is 11.0 Å². The zero-order valence-corrected chi connectivity index (χ0v) is 15.3. The zero-order valence-electron chi connectivity index (χ0n) is 14.6. The number of anilines is 1. The van der Waals surface area contributed by atoms with Gasteiger partial charge in [-0.15, -0.1) is 0 Å². The van der Waals surface area contributed by atoms with Crippen LogP contribution in [0.5, 0.6) is 0 Å². The SMILES string of the molecule is Fc1cccc(F)c1.O=C(CN1Cc2c(ccnc2Cl)NC1=O)NCC(F)(F)F. The Morgan fingerprint density at radius 2 is 1.90 bits per heavy atom. The average molecular weight is 437 g/mol. The van der Waals surface area contributed by atoms with Crippen LogP contribution in [0.2, 0.25) is 5.15 Å². The van der Waals surface area contributed by atoms with Gasteiger partial charge in [-0.25, -0.2) is 18.6 Å². The van der Waals surface area contributed by atoms with Gasteiger partial charge >= 0.3 is 12.2 Å². The van der Waals surface area contributed by atoms with Crippen LogP contribution in [-0.2, 0) is 11.3 Å². The first kappa shape index (κ1) is 22.3. The van der Waals surface area contributed by atoms with Gasteiger partial charge in [-0.05, 0) is 18.2 Å². The summed E-state index contributed by atoms with van der Waals surface area (Å²) in [5.41, 5.74) is 0.967. The lowest BCUT2D eigenvalue weighted by atomic mass is 10.2. The van der Waals surface area contributed by atoms with Crippen molar-refractivity contribution in [2.24, 2.45) is 0 Å². The molecule has 2 N–H and O–H groups in total. The molecule has 1 aromatic carbocycles. The van der Waals surface area contributed by atoms with Gasteiger partial charge < -0.3 is 15.5 Å². The molecular weight excluding hydrogens is 423 g/mol. The lowest BCUT2D eigenvalue weighted by molar-refractivity contribution is -0.138. The average Bonchev–Trinajstić information content (AvgIpc) is 2.61. The first-order valence-corrected chi connectivity index (χ1v) is 8.37. The van der Waals surface area contributed by atoms with Gasteiger partial charge in [-0.1, -0.05) is 17.7 Å². The summed E-state index contributed by atoms with van der Waals surface area (Å²) in [6, 6.07) is 5.50. The van der Waals surface area contributed by atoms with Crippen LogP contribution in [0, 0.1) is 11.6 Å². The number of halogens is 6. The van der Waals surface area contributed by atoms with Crippen LogP contribution in [0.15, 0.2) is 36.5 Å². The molecule has 0 radical (unpaired) electrons. The van der Waals surface area contributed by atoms with Crippen molar-refractivity contribution >= 4 is 29.2 Å². The molecule has 0 saturated heterocycles. The third kappa shape index (κ3) is 7.18. The number of aromatic nitrogens is 1. The van der Waals surface area contributed by atoms with Crippen LogP contribution in [0.4, 0.5) is 32.4 Å². The number of alkyl halides is 3. The second-order valence-electron chi connectivity index (χ2n) is 5.75. The number of nitrogens with one attached hydrogen (secondary N) is 2. The molecule has 0 spiro atoms. The van der Waals surface area contributed by atoms with Gasteiger partial charge in [0, 0.05) is 17.8 Å². The number of carbonyl (C=O) groups is 2. The molecule has 0 bridgehead atoms. The van der Waals surface area contributed by atoms with Crippen LogP contribution in [0.1, 0.15) is 5.56 Å². The van der Waals surface area contributed by atoms with E-state index in [2.05, 4.69) is 10.3 Å². The van der Waals surface area contributed by atoms with E-state index in [0.29, 0.717) is 11.3 Å². The molecular formula is C17H14ClF5N4O2. The number of benzene rings is 1. The quantitative estimate of drug-likeness (QED) is 0.569. The summed E-state index contributed by atoms with van der Waals surface area (Å²) in [5, 5.41) is 4.34. The zero-order chi connectivity index (χ0) is 21.6. The summed E-state index contributed by atoms with van der Waals surface area (Å²) in [7, 11) is 0. The van der Waals surface area contributed by atoms with Crippen molar-refractivity contribution in [1.82, 2.24) is 15.2 Å². The normalized spacial score (nSPS) is 13.0. The Hall–Kier alpha value is -2.95. The molecule has 0 atom stereocenters. The highest BCUT2D eigenvalue weighted by molar-refractivity contribution is 6.30. The summed E-state index contributed by atoms with van der Waals surface area (Å²) < 4.78 is 59.8. The summed E-state index contributed by atoms with van der Waals surface area (Å²) in [6.45, 7) is -1.96. The van der Waals surface area contributed by atoms with E-state index in [-0.39, 0.29) is 11.7 Å². The Morgan fingerprint density at radius 1 is 1.24 bits per heavy atom. The third-order valence-electron chi connectivity index (χ3n) is 3.49. The summed E-state index contributed by atoms with van der Waals surface area (Å²) in [4.78, 5) is 28.1. The van der Waals surface area contributed by atoms with Gasteiger partial charge in [0.25, 0.3) is 0 Å². The van der Waals surface area contributed by atoms with E-state index in [1.807, 2.05) is 0 Å². The molecule has 1 aliphatic rings. The molecule has 3 rings (SSSR count). The van der Waals surface area contributed by atoms with Crippen molar-refractivity contribution < 1.29 is 31.5 Å². The fourth-order valence-corrected chi connectivity index (χ4v) is 2.42. The predicted molar refractivity (Wildman–Crippen MR) is 94.1 cm³/mol. The highest BCUT2D eigenvalue weighted by Crippen LogP contribution is 2.27. The molecule has 2 heterocycles. The molecule has 6 nitrogen and oxygen atoms in total. The van der Waals surface area contributed by atoms with E-state index >= 15 is 0 Å². The van der Waals surface area contributed by atoms with Gasteiger partial charge in [0.1, 0.15) is 29.9 Å². The lowest BCUT2D eigenvalue weighted by Gasteiger charge is -2.29. The minimum absolute atomic E-state index is 0.00667. The Morgan fingerprint density at radius 3 is 2.45 bits per heavy atom. The van der Waals surface area contributed by atoms with E-state index in [1.165, 1.54) is 24.4 Å². The lowest BCUT2D eigenvalue weighted by Crippen LogP contribution is -2.46. The summed E-state index contributed by atoms with van der Waals surface area (Å²) in [5.74, 6) is -1.99. The van der Waals surface area contributed by atoms with Crippen molar-refractivity contribution in [3.63, 3.8) is 0 Å². The first-order valence-electron chi connectivity index (χ1n) is 7.99. The molecule has 1 aliphatic heterocycles. The van der Waals surface area contributed by atoms with Gasteiger partial charge in [0.15, 0.2) is 0 Å². The maximum absolute atomic E-state index is 12.0. The Bertz CT molecular complexity index is 877. The summed E-state index contributed by atoms with van der Waals surface area (Å²) in [6.07, 6.45) is -3.09. The number of carbonyl (C=O) groups excluding carboxylic acids is 2. The second kappa shape index (κ2) is 9.50. The number of rotatable bonds is 3. The number of hydrogen-bond acceptors (Lipinski definition) is 3. The summed E-state index contributed by atoms with van der Waals surface area (Å²) >= 11 is 5.87. The molecule has 156 valence electrons. The topological polar surface area (TPSA) is 74.3 Å². The van der Waals surface area contributed by atoms with Crippen LogP contribution in [-0.4, -0.2) is 41.1 Å². The molecule has 2 aromatic rings. The van der Waals surface area contributed by atoms with Gasteiger partial charge in [0.05, 0.1) is 12.2 Å². The van der Waals surface area contributed by atoms with E-state index < -0.39 is 42.8 Å². The number of nitrogens with zero attached hydrogens (tertiary/aromatic N) is 2. The van der Waals surface area contributed by atoms with Crippen LogP contribution >= 0.6 is 11.6 Å². The number of amides is 3. The Balaban J connectivity index is 0.000000313. The molecule has 0 aliphatic carbocycles. The van der Waals surface area contributed by atoms with Crippen molar-refractivity contribution in [2.45, 2.75) is 12.7 Å². The van der Waals surface area contributed by atoms with Crippen molar-refractivity contribution in [2.75, 3.05) is 18.4 Å². The molecule has 3 amide bonds. The minimum atomic E-state index is -4.50. The van der Waals surface area contributed by atoms with Crippen LogP contribution in [0.3, 0.4) is 0 Å². The number of pyridine rings is 1. The molecule has 0 fully saturated rings. The Kier molecular flexibility index (Phi) is 7.32. The highest BCUT2D eigenvalue weighted by atomic mass is 35.5. The molecule has 0 unspecified atom stereocenters. The fraction of sp³-hybridized carbons (Fsp3) is 0.235. The number of urea groups is 1. The van der Waals surface area contributed by atoms with Crippen LogP contribution < -0.4 is 10.6 Å². The molecule has 29 heavy (non-hydrogen) atoms. The molecule has 12 heteroatoms. The molecule has 0 saturated carbocycles. The van der Waals surface area contributed by atoms with Gasteiger partial charge in [-0.3, -0.25) is 4.79 Å². The Labute approximate surface area is 166 Å². The largest absolute Gasteiger partial charge is 0.405 e. The fourth-order valence-electron chi connectivity index (χ4n) is 2.21.